The minimum absolute atomic E-state index is 0.0203. The van der Waals surface area contributed by atoms with E-state index in [1.54, 1.807) is 0 Å². The number of hydrogen-bond donors (Lipinski definition) is 2. The van der Waals surface area contributed by atoms with E-state index in [1.807, 2.05) is 0 Å². The largest absolute Gasteiger partial charge is 0.284 e. The highest BCUT2D eigenvalue weighted by molar-refractivity contribution is 7.89. The molecule has 1 aromatic heterocycles. The summed E-state index contributed by atoms with van der Waals surface area (Å²) in [4.78, 5) is 0.0813. The molecule has 0 bridgehead atoms. The van der Waals surface area contributed by atoms with E-state index in [4.69, 9.17) is 6.42 Å². The van der Waals surface area contributed by atoms with Crippen LogP contribution >= 0.6 is 0 Å². The highest BCUT2D eigenvalue weighted by Crippen LogP contribution is 2.02. The predicted octanol–water partition coefficient (Wildman–Crippen LogP) is -0.679. The van der Waals surface area contributed by atoms with Gasteiger partial charge < -0.3 is 0 Å². The maximum absolute atomic E-state index is 11.2. The highest BCUT2D eigenvalue weighted by atomic mass is 32.2. The Morgan fingerprint density at radius 1 is 1.75 bits per heavy atom. The molecule has 12 heavy (non-hydrogen) atoms. The van der Waals surface area contributed by atoms with Crippen LogP contribution in [0.15, 0.2) is 17.3 Å². The lowest BCUT2D eigenvalue weighted by Crippen LogP contribution is -2.23. The Kier molecular flexibility index (Phi) is 2.47. The van der Waals surface area contributed by atoms with Crippen molar-refractivity contribution in [2.75, 3.05) is 6.54 Å². The average Bonchev–Trinajstić information content (AvgIpc) is 2.53. The molecule has 1 heterocycles. The Morgan fingerprint density at radius 2 is 2.50 bits per heavy atom. The number of nitrogens with one attached hydrogen (secondary N) is 2. The van der Waals surface area contributed by atoms with Gasteiger partial charge in [-0.1, -0.05) is 5.92 Å². The zero-order chi connectivity index (χ0) is 9.03. The number of H-pyrrole nitrogens is 1. The minimum atomic E-state index is -3.47. The number of aromatic amines is 1. The van der Waals surface area contributed by atoms with Crippen molar-refractivity contribution in [2.24, 2.45) is 0 Å². The van der Waals surface area contributed by atoms with Crippen LogP contribution in [0, 0.1) is 12.3 Å². The molecule has 0 fully saturated rings. The van der Waals surface area contributed by atoms with Gasteiger partial charge in [-0.25, -0.2) is 8.42 Å². The van der Waals surface area contributed by atoms with Gasteiger partial charge in [0.1, 0.15) is 4.90 Å². The van der Waals surface area contributed by atoms with Gasteiger partial charge >= 0.3 is 0 Å². The molecule has 1 rings (SSSR count). The fraction of sp³-hybridized carbons (Fsp3) is 0.167. The van der Waals surface area contributed by atoms with Crippen LogP contribution in [0.25, 0.3) is 0 Å². The Morgan fingerprint density at radius 3 is 3.00 bits per heavy atom. The van der Waals surface area contributed by atoms with Crippen LogP contribution in [-0.4, -0.2) is 25.2 Å². The van der Waals surface area contributed by atoms with Crippen molar-refractivity contribution in [2.45, 2.75) is 4.90 Å². The lowest BCUT2D eigenvalue weighted by Gasteiger charge is -1.98. The van der Waals surface area contributed by atoms with Gasteiger partial charge in [-0.2, -0.15) is 9.82 Å². The number of terminal acetylenes is 1. The molecule has 0 spiro atoms. The van der Waals surface area contributed by atoms with E-state index in [9.17, 15) is 8.42 Å². The van der Waals surface area contributed by atoms with Crippen LogP contribution in [0.2, 0.25) is 0 Å². The molecule has 0 atom stereocenters. The second-order valence-corrected chi connectivity index (χ2v) is 3.73. The van der Waals surface area contributed by atoms with Gasteiger partial charge in [-0.15, -0.1) is 6.42 Å². The predicted molar refractivity (Wildman–Crippen MR) is 42.6 cm³/mol. The Hall–Kier alpha value is -1.32. The molecule has 1 aromatic rings. The monoisotopic (exact) mass is 185 g/mol. The molecule has 0 amide bonds. The first-order valence-electron chi connectivity index (χ1n) is 3.09. The first kappa shape index (κ1) is 8.77. The molecule has 0 aromatic carbocycles. The first-order chi connectivity index (χ1) is 5.67. The minimum Gasteiger partial charge on any atom is -0.284 e. The molecule has 2 N–H and O–H groups in total. The van der Waals surface area contributed by atoms with E-state index in [0.29, 0.717) is 0 Å². The molecular formula is C6H7N3O2S. The van der Waals surface area contributed by atoms with Crippen molar-refractivity contribution in [1.29, 1.82) is 0 Å². The van der Waals surface area contributed by atoms with E-state index in [-0.39, 0.29) is 11.4 Å². The maximum Gasteiger partial charge on any atom is 0.244 e. The van der Waals surface area contributed by atoms with Gasteiger partial charge in [0, 0.05) is 6.20 Å². The van der Waals surface area contributed by atoms with Crippen molar-refractivity contribution in [3.8, 4) is 12.3 Å². The van der Waals surface area contributed by atoms with Crippen LogP contribution in [-0.2, 0) is 10.0 Å². The van der Waals surface area contributed by atoms with Gasteiger partial charge in [0.15, 0.2) is 0 Å². The van der Waals surface area contributed by atoms with Gasteiger partial charge in [0.2, 0.25) is 10.0 Å². The van der Waals surface area contributed by atoms with Gasteiger partial charge in [-0.3, -0.25) is 5.10 Å². The molecule has 0 aliphatic carbocycles. The van der Waals surface area contributed by atoms with Crippen molar-refractivity contribution >= 4 is 10.0 Å². The summed E-state index contributed by atoms with van der Waals surface area (Å²) < 4.78 is 24.6. The quantitative estimate of drug-likeness (QED) is 0.613. The Labute approximate surface area is 70.2 Å². The zero-order valence-corrected chi connectivity index (χ0v) is 6.93. The second kappa shape index (κ2) is 3.38. The molecule has 5 nitrogen and oxygen atoms in total. The zero-order valence-electron chi connectivity index (χ0n) is 6.11. The van der Waals surface area contributed by atoms with Crippen molar-refractivity contribution in [3.05, 3.63) is 12.4 Å². The van der Waals surface area contributed by atoms with E-state index in [1.165, 1.54) is 12.4 Å². The van der Waals surface area contributed by atoms with Crippen molar-refractivity contribution in [1.82, 2.24) is 14.9 Å². The third kappa shape index (κ3) is 1.84. The van der Waals surface area contributed by atoms with Crippen LogP contribution in [0.5, 0.6) is 0 Å². The molecule has 0 aliphatic rings. The van der Waals surface area contributed by atoms with Crippen LogP contribution < -0.4 is 4.72 Å². The van der Waals surface area contributed by atoms with Gasteiger partial charge in [-0.05, 0) is 0 Å². The molecule has 6 heteroatoms. The molecule has 64 valence electrons. The van der Waals surface area contributed by atoms with Crippen LogP contribution in [0.3, 0.4) is 0 Å². The standard InChI is InChI=1S/C6H7N3O2S/c1-2-3-9-12(10,11)6-4-7-8-5-6/h1,4-5,9H,3H2,(H,7,8). The first-order valence-corrected chi connectivity index (χ1v) is 4.57. The SMILES string of the molecule is C#CCNS(=O)(=O)c1cn[nH]c1. The number of aromatic nitrogens is 2. The Balaban J connectivity index is 2.83. The van der Waals surface area contributed by atoms with Crippen LogP contribution in [0.4, 0.5) is 0 Å². The topological polar surface area (TPSA) is 74.8 Å². The number of sulfonamides is 1. The summed E-state index contributed by atoms with van der Waals surface area (Å²) >= 11 is 0. The normalized spacial score (nSPS) is 10.9. The maximum atomic E-state index is 11.2. The summed E-state index contributed by atoms with van der Waals surface area (Å²) in [6.07, 6.45) is 7.37. The lowest BCUT2D eigenvalue weighted by atomic mass is 10.7. The molecule has 0 aliphatic heterocycles. The van der Waals surface area contributed by atoms with E-state index in [2.05, 4.69) is 20.8 Å². The summed E-state index contributed by atoms with van der Waals surface area (Å²) in [6, 6.07) is 0. The molecule has 0 saturated heterocycles. The lowest BCUT2D eigenvalue weighted by molar-refractivity contribution is 0.586. The van der Waals surface area contributed by atoms with Crippen molar-refractivity contribution < 1.29 is 8.42 Å². The third-order valence-electron chi connectivity index (χ3n) is 1.15. The Bertz CT molecular complexity index is 373. The summed E-state index contributed by atoms with van der Waals surface area (Å²) in [5.74, 6) is 2.16. The molecule has 0 unspecified atom stereocenters. The van der Waals surface area contributed by atoms with E-state index >= 15 is 0 Å². The summed E-state index contributed by atoms with van der Waals surface area (Å²) in [6.45, 7) is -0.0203. The number of nitrogens with zero attached hydrogens (tertiary/aromatic N) is 1. The van der Waals surface area contributed by atoms with E-state index in [0.717, 1.165) is 0 Å². The smallest absolute Gasteiger partial charge is 0.244 e. The summed E-state index contributed by atoms with van der Waals surface area (Å²) in [5.41, 5.74) is 0. The number of hydrogen-bond acceptors (Lipinski definition) is 3. The van der Waals surface area contributed by atoms with Crippen molar-refractivity contribution in [3.63, 3.8) is 0 Å². The summed E-state index contributed by atoms with van der Waals surface area (Å²) in [5, 5.41) is 5.89. The third-order valence-corrected chi connectivity index (χ3v) is 2.52. The summed E-state index contributed by atoms with van der Waals surface area (Å²) in [7, 11) is -3.47. The highest BCUT2D eigenvalue weighted by Gasteiger charge is 2.12. The molecule has 0 saturated carbocycles. The number of rotatable bonds is 3. The van der Waals surface area contributed by atoms with Gasteiger partial charge in [0.05, 0.1) is 12.7 Å². The van der Waals surface area contributed by atoms with E-state index < -0.39 is 10.0 Å². The second-order valence-electron chi connectivity index (χ2n) is 1.96. The molecular weight excluding hydrogens is 178 g/mol. The fourth-order valence-electron chi connectivity index (χ4n) is 0.606. The van der Waals surface area contributed by atoms with Crippen LogP contribution in [0.1, 0.15) is 0 Å². The average molecular weight is 185 g/mol. The van der Waals surface area contributed by atoms with Gasteiger partial charge in [0.25, 0.3) is 0 Å². The fourth-order valence-corrected chi connectivity index (χ4v) is 1.45. The molecule has 0 radical (unpaired) electrons.